The molecule has 1 aromatic heterocycles. The van der Waals surface area contributed by atoms with Crippen LogP contribution in [0.15, 0.2) is 30.5 Å². The van der Waals surface area contributed by atoms with Crippen molar-refractivity contribution < 1.29 is 23.5 Å². The van der Waals surface area contributed by atoms with Gasteiger partial charge in [0.2, 0.25) is 0 Å². The Bertz CT molecular complexity index is 991. The van der Waals surface area contributed by atoms with Crippen molar-refractivity contribution in [3.63, 3.8) is 0 Å². The fourth-order valence-electron chi connectivity index (χ4n) is 3.80. The van der Waals surface area contributed by atoms with Crippen LogP contribution >= 0.6 is 0 Å². The highest BCUT2D eigenvalue weighted by molar-refractivity contribution is 5.96. The molecule has 4 rings (SSSR count). The van der Waals surface area contributed by atoms with E-state index in [1.165, 1.54) is 17.0 Å². The molecule has 3 heterocycles. The van der Waals surface area contributed by atoms with E-state index in [1.807, 2.05) is 40.8 Å². The van der Waals surface area contributed by atoms with Crippen LogP contribution in [0.3, 0.4) is 0 Å². The molecule has 0 N–H and O–H groups in total. The molecular formula is C26H37FN4O4. The second-order valence-corrected chi connectivity index (χ2v) is 7.94. The smallest absolute Gasteiger partial charge is 0.414 e. The van der Waals surface area contributed by atoms with Crippen molar-refractivity contribution in [2.45, 2.75) is 34.6 Å². The van der Waals surface area contributed by atoms with Crippen LogP contribution in [-0.2, 0) is 9.47 Å². The lowest BCUT2D eigenvalue weighted by Gasteiger charge is -2.36. The van der Waals surface area contributed by atoms with Gasteiger partial charge in [-0.1, -0.05) is 19.9 Å². The third-order valence-corrected chi connectivity index (χ3v) is 5.60. The molecule has 0 spiro atoms. The van der Waals surface area contributed by atoms with Crippen molar-refractivity contribution in [1.82, 2.24) is 9.88 Å². The molecule has 0 radical (unpaired) electrons. The Labute approximate surface area is 207 Å². The van der Waals surface area contributed by atoms with Crippen LogP contribution in [0.1, 0.15) is 42.3 Å². The Morgan fingerprint density at radius 1 is 1.11 bits per heavy atom. The third-order valence-electron chi connectivity index (χ3n) is 5.60. The summed E-state index contributed by atoms with van der Waals surface area (Å²) in [4.78, 5) is 34.1. The maximum atomic E-state index is 14.6. The normalized spacial score (nSPS) is 15.1. The largest absolute Gasteiger partial charge is 0.447 e. The van der Waals surface area contributed by atoms with Crippen molar-refractivity contribution in [2.75, 3.05) is 62.8 Å². The molecule has 0 unspecified atom stereocenters. The fraction of sp³-hybridized carbons (Fsp3) is 0.500. The van der Waals surface area contributed by atoms with Gasteiger partial charge in [0.15, 0.2) is 0 Å². The first-order valence-electron chi connectivity index (χ1n) is 12.1. The molecule has 0 atom stereocenters. The van der Waals surface area contributed by atoms with Crippen molar-refractivity contribution in [2.24, 2.45) is 0 Å². The number of anilines is 2. The first kappa shape index (κ1) is 28.0. The summed E-state index contributed by atoms with van der Waals surface area (Å²) >= 11 is 0. The number of halogens is 1. The Hall–Kier alpha value is -3.20. The summed E-state index contributed by atoms with van der Waals surface area (Å²) in [6.07, 6.45) is 1.34. The maximum absolute atomic E-state index is 14.6. The molecule has 0 aliphatic carbocycles. The van der Waals surface area contributed by atoms with Crippen LogP contribution in [-0.4, -0.2) is 74.9 Å². The van der Waals surface area contributed by atoms with Gasteiger partial charge >= 0.3 is 6.09 Å². The molecule has 0 saturated carbocycles. The molecule has 192 valence electrons. The third kappa shape index (κ3) is 7.14. The number of piperazine rings is 1. The van der Waals surface area contributed by atoms with Gasteiger partial charge in [0, 0.05) is 46.1 Å². The van der Waals surface area contributed by atoms with E-state index in [0.717, 1.165) is 23.6 Å². The lowest BCUT2D eigenvalue weighted by atomic mass is 10.1. The van der Waals surface area contributed by atoms with Gasteiger partial charge in [-0.05, 0) is 50.1 Å². The summed E-state index contributed by atoms with van der Waals surface area (Å²) in [6.45, 7) is 13.7. The number of pyridine rings is 1. The molecule has 8 nitrogen and oxygen atoms in total. The molecule has 2 aliphatic rings. The molecule has 2 aromatic rings. The average molecular weight is 489 g/mol. The highest BCUT2D eigenvalue weighted by Gasteiger charge is 2.28. The number of nitrogens with zero attached hydrogens (tertiary/aromatic N) is 4. The Morgan fingerprint density at radius 3 is 2.29 bits per heavy atom. The highest BCUT2D eigenvalue weighted by Crippen LogP contribution is 2.24. The summed E-state index contributed by atoms with van der Waals surface area (Å²) in [7, 11) is 1.68. The van der Waals surface area contributed by atoms with Crippen LogP contribution in [0.4, 0.5) is 20.7 Å². The lowest BCUT2D eigenvalue weighted by molar-refractivity contribution is 0.0742. The summed E-state index contributed by atoms with van der Waals surface area (Å²) in [5.74, 6) is -0.0484. The topological polar surface area (TPSA) is 75.2 Å². The number of hydrogen-bond donors (Lipinski definition) is 0. The molecule has 2 fully saturated rings. The molecular weight excluding hydrogens is 451 g/mol. The van der Waals surface area contributed by atoms with E-state index >= 15 is 0 Å². The standard InChI is InChI=1S/C21H23FN4O3.C3H8O.C2H6/c1-14-11-15(2)19(23-13-14)24-5-7-25(8-6-24)20(27)17-4-3-16(12-18(17)22)26-9-10-29-21(26)28;1-3-4-2;1-2/h3-4,11-13H,5-10H2,1-2H3;3H2,1-2H3;1-2H3. The van der Waals surface area contributed by atoms with Gasteiger partial charge in [0.1, 0.15) is 18.2 Å². The minimum absolute atomic E-state index is 0.0133. The summed E-state index contributed by atoms with van der Waals surface area (Å²) < 4.78 is 24.0. The molecule has 9 heteroatoms. The zero-order chi connectivity index (χ0) is 26.0. The summed E-state index contributed by atoms with van der Waals surface area (Å²) in [5, 5.41) is 0. The number of carbonyl (C=O) groups is 2. The molecule has 35 heavy (non-hydrogen) atoms. The predicted molar refractivity (Wildman–Crippen MR) is 136 cm³/mol. The van der Waals surface area contributed by atoms with Crippen LogP contribution in [0.2, 0.25) is 0 Å². The van der Waals surface area contributed by atoms with E-state index in [2.05, 4.69) is 20.7 Å². The van der Waals surface area contributed by atoms with Gasteiger partial charge in [0.25, 0.3) is 5.91 Å². The monoisotopic (exact) mass is 488 g/mol. The number of aromatic nitrogens is 1. The first-order valence-corrected chi connectivity index (χ1v) is 12.1. The van der Waals surface area contributed by atoms with Gasteiger partial charge in [-0.3, -0.25) is 9.69 Å². The van der Waals surface area contributed by atoms with E-state index in [1.54, 1.807) is 18.1 Å². The zero-order valence-electron chi connectivity index (χ0n) is 21.6. The number of carbonyl (C=O) groups excluding carboxylic acids is 2. The summed E-state index contributed by atoms with van der Waals surface area (Å²) in [6, 6.07) is 6.33. The Kier molecular flexibility index (Phi) is 10.9. The number of aryl methyl sites for hydroxylation is 2. The van der Waals surface area contributed by atoms with E-state index in [9.17, 15) is 14.0 Å². The van der Waals surface area contributed by atoms with Crippen molar-refractivity contribution in [3.8, 4) is 0 Å². The van der Waals surface area contributed by atoms with Crippen molar-refractivity contribution >= 4 is 23.5 Å². The molecule has 1 aromatic carbocycles. The first-order chi connectivity index (χ1) is 16.8. The Morgan fingerprint density at radius 2 is 1.77 bits per heavy atom. The number of cyclic esters (lactones) is 1. The molecule has 2 saturated heterocycles. The van der Waals surface area contributed by atoms with Crippen LogP contribution in [0, 0.1) is 19.7 Å². The predicted octanol–water partition coefficient (Wildman–Crippen LogP) is 4.44. The number of hydrogen-bond acceptors (Lipinski definition) is 6. The van der Waals surface area contributed by atoms with Gasteiger partial charge in [-0.25, -0.2) is 14.2 Å². The second-order valence-electron chi connectivity index (χ2n) is 7.94. The maximum Gasteiger partial charge on any atom is 0.414 e. The van der Waals surface area contributed by atoms with Crippen LogP contribution in [0.5, 0.6) is 0 Å². The molecule has 2 aliphatic heterocycles. The average Bonchev–Trinajstić information content (AvgIpc) is 3.31. The second kappa shape index (κ2) is 13.6. The van der Waals surface area contributed by atoms with Gasteiger partial charge in [0.05, 0.1) is 17.8 Å². The fourth-order valence-corrected chi connectivity index (χ4v) is 3.80. The van der Waals surface area contributed by atoms with Crippen molar-refractivity contribution in [1.29, 1.82) is 0 Å². The van der Waals surface area contributed by atoms with E-state index in [-0.39, 0.29) is 18.1 Å². The van der Waals surface area contributed by atoms with Crippen LogP contribution in [0.25, 0.3) is 0 Å². The summed E-state index contributed by atoms with van der Waals surface area (Å²) in [5.41, 5.74) is 2.62. The number of amides is 2. The Balaban J connectivity index is 0.000000655. The number of ether oxygens (including phenoxy) is 2. The van der Waals surface area contributed by atoms with Gasteiger partial charge in [-0.15, -0.1) is 0 Å². The minimum atomic E-state index is -0.634. The van der Waals surface area contributed by atoms with Gasteiger partial charge < -0.3 is 19.3 Å². The quantitative estimate of drug-likeness (QED) is 0.634. The van der Waals surface area contributed by atoms with E-state index < -0.39 is 11.9 Å². The zero-order valence-corrected chi connectivity index (χ0v) is 21.6. The molecule has 0 bridgehead atoms. The number of rotatable bonds is 4. The minimum Gasteiger partial charge on any atom is -0.447 e. The van der Waals surface area contributed by atoms with Crippen LogP contribution < -0.4 is 9.80 Å². The van der Waals surface area contributed by atoms with Crippen molar-refractivity contribution in [3.05, 3.63) is 53.0 Å². The molecule has 2 amide bonds. The van der Waals surface area contributed by atoms with E-state index in [0.29, 0.717) is 38.4 Å². The highest BCUT2D eigenvalue weighted by atomic mass is 19.1. The van der Waals surface area contributed by atoms with E-state index in [4.69, 9.17) is 4.74 Å². The van der Waals surface area contributed by atoms with Gasteiger partial charge in [-0.2, -0.15) is 0 Å². The lowest BCUT2D eigenvalue weighted by Crippen LogP contribution is -2.49. The number of benzene rings is 1. The number of methoxy groups -OCH3 is 1. The SMILES string of the molecule is CC.CCOC.Cc1cnc(N2CCN(C(=O)c3ccc(N4CCOC4=O)cc3F)CC2)c(C)c1.